The van der Waals surface area contributed by atoms with Crippen molar-refractivity contribution < 1.29 is 19.5 Å². The molecule has 0 unspecified atom stereocenters. The van der Waals surface area contributed by atoms with Gasteiger partial charge in [0.05, 0.1) is 22.3 Å². The number of urea groups is 1. The number of primary amides is 1. The highest BCUT2D eigenvalue weighted by Gasteiger charge is 2.19. The Morgan fingerprint density at radius 1 is 1.38 bits per heavy atom. The summed E-state index contributed by atoms with van der Waals surface area (Å²) in [5.41, 5.74) is 5.34. The molecule has 0 aliphatic rings. The zero-order chi connectivity index (χ0) is 16.0. The first-order chi connectivity index (χ1) is 9.83. The van der Waals surface area contributed by atoms with Gasteiger partial charge in [-0.1, -0.05) is 11.6 Å². The average molecular weight is 311 g/mol. The van der Waals surface area contributed by atoms with Crippen molar-refractivity contribution in [1.82, 2.24) is 4.90 Å². The van der Waals surface area contributed by atoms with E-state index >= 15 is 0 Å². The van der Waals surface area contributed by atoms with E-state index in [4.69, 9.17) is 27.7 Å². The Morgan fingerprint density at radius 2 is 2.05 bits per heavy atom. The molecule has 1 aromatic carbocycles. The number of anilines is 1. The third-order valence-corrected chi connectivity index (χ3v) is 2.63. The Labute approximate surface area is 124 Å². The number of carbonyl (C=O) groups is 3. The minimum Gasteiger partial charge on any atom is -0.480 e. The van der Waals surface area contributed by atoms with Crippen molar-refractivity contribution >= 4 is 35.2 Å². The van der Waals surface area contributed by atoms with Crippen LogP contribution in [0.15, 0.2) is 18.2 Å². The number of rotatable bonds is 5. The number of carbonyl (C=O) groups excluding carboxylic acids is 2. The summed E-state index contributed by atoms with van der Waals surface area (Å²) in [5.74, 6) is -2.16. The lowest BCUT2D eigenvalue weighted by Crippen LogP contribution is -2.43. The SMILES string of the molecule is N#Cc1ccc(Cl)c(NC(=O)N(CC(N)=O)CC(=O)O)c1. The Balaban J connectivity index is 2.93. The molecular weight excluding hydrogens is 300 g/mol. The molecule has 0 fully saturated rings. The maximum atomic E-state index is 11.9. The van der Waals surface area contributed by atoms with Crippen molar-refractivity contribution in [2.75, 3.05) is 18.4 Å². The van der Waals surface area contributed by atoms with Gasteiger partial charge < -0.3 is 21.1 Å². The zero-order valence-corrected chi connectivity index (χ0v) is 11.4. The standard InChI is InChI=1S/C12H11ClN4O4/c13-8-2-1-7(4-14)3-9(8)16-12(21)17(5-10(15)18)6-11(19)20/h1-3H,5-6H2,(H2,15,18)(H,16,21)(H,19,20). The number of halogens is 1. The first-order valence-electron chi connectivity index (χ1n) is 5.59. The van der Waals surface area contributed by atoms with Gasteiger partial charge in [-0.05, 0) is 18.2 Å². The molecule has 0 saturated heterocycles. The van der Waals surface area contributed by atoms with E-state index in [0.717, 1.165) is 0 Å². The molecule has 21 heavy (non-hydrogen) atoms. The number of carboxylic acids is 1. The summed E-state index contributed by atoms with van der Waals surface area (Å²) in [5, 5.41) is 20.0. The van der Waals surface area contributed by atoms with E-state index in [0.29, 0.717) is 4.90 Å². The second kappa shape index (κ2) is 7.12. The molecule has 0 saturated carbocycles. The number of nitrogens with two attached hydrogens (primary N) is 1. The normalized spacial score (nSPS) is 9.52. The molecule has 0 heterocycles. The molecule has 4 N–H and O–H groups in total. The Hall–Kier alpha value is -2.79. The highest BCUT2D eigenvalue weighted by molar-refractivity contribution is 6.33. The van der Waals surface area contributed by atoms with Crippen LogP contribution in [0.2, 0.25) is 5.02 Å². The van der Waals surface area contributed by atoms with Crippen LogP contribution in [0.3, 0.4) is 0 Å². The van der Waals surface area contributed by atoms with E-state index in [1.165, 1.54) is 18.2 Å². The molecule has 1 aromatic rings. The predicted octanol–water partition coefficient (Wildman–Crippen LogP) is 0.615. The minimum absolute atomic E-state index is 0.126. The van der Waals surface area contributed by atoms with Gasteiger partial charge in [0.2, 0.25) is 5.91 Å². The molecule has 8 nitrogen and oxygen atoms in total. The molecular formula is C12H11ClN4O4. The summed E-state index contributed by atoms with van der Waals surface area (Å²) in [6.45, 7) is -1.27. The largest absolute Gasteiger partial charge is 0.480 e. The van der Waals surface area contributed by atoms with Gasteiger partial charge >= 0.3 is 12.0 Å². The van der Waals surface area contributed by atoms with E-state index in [1.807, 2.05) is 6.07 Å². The molecule has 0 bridgehead atoms. The second-order valence-electron chi connectivity index (χ2n) is 3.95. The number of nitriles is 1. The molecule has 3 amide bonds. The highest BCUT2D eigenvalue weighted by Crippen LogP contribution is 2.23. The van der Waals surface area contributed by atoms with Crippen molar-refractivity contribution in [3.63, 3.8) is 0 Å². The van der Waals surface area contributed by atoms with Crippen LogP contribution in [0.5, 0.6) is 0 Å². The number of hydrogen-bond donors (Lipinski definition) is 3. The fraction of sp³-hybridized carbons (Fsp3) is 0.167. The predicted molar refractivity (Wildman–Crippen MR) is 73.6 cm³/mol. The third-order valence-electron chi connectivity index (χ3n) is 2.30. The fourth-order valence-corrected chi connectivity index (χ4v) is 1.60. The Bertz CT molecular complexity index is 610. The van der Waals surface area contributed by atoms with Gasteiger partial charge in [-0.3, -0.25) is 9.59 Å². The van der Waals surface area contributed by atoms with Gasteiger partial charge in [0.1, 0.15) is 13.1 Å². The molecule has 0 atom stereocenters. The number of carboxylic acid groups (broad SMARTS) is 1. The quantitative estimate of drug-likeness (QED) is 0.732. The van der Waals surface area contributed by atoms with Crippen molar-refractivity contribution in [1.29, 1.82) is 5.26 Å². The fourth-order valence-electron chi connectivity index (χ4n) is 1.44. The van der Waals surface area contributed by atoms with Gasteiger partial charge in [0, 0.05) is 0 Å². The summed E-state index contributed by atoms with van der Waals surface area (Å²) >= 11 is 5.86. The lowest BCUT2D eigenvalue weighted by Gasteiger charge is -2.20. The molecule has 0 radical (unpaired) electrons. The molecule has 0 aromatic heterocycles. The third kappa shape index (κ3) is 5.00. The van der Waals surface area contributed by atoms with Crippen LogP contribution in [0.4, 0.5) is 10.5 Å². The van der Waals surface area contributed by atoms with E-state index in [9.17, 15) is 14.4 Å². The van der Waals surface area contributed by atoms with Gasteiger partial charge in [0.25, 0.3) is 0 Å². The first kappa shape index (κ1) is 16.3. The monoisotopic (exact) mass is 310 g/mol. The summed E-state index contributed by atoms with van der Waals surface area (Å²) < 4.78 is 0. The Morgan fingerprint density at radius 3 is 2.57 bits per heavy atom. The lowest BCUT2D eigenvalue weighted by atomic mass is 10.2. The average Bonchev–Trinajstić information content (AvgIpc) is 2.39. The first-order valence-corrected chi connectivity index (χ1v) is 5.97. The van der Waals surface area contributed by atoms with E-state index in [2.05, 4.69) is 5.32 Å². The zero-order valence-electron chi connectivity index (χ0n) is 10.7. The molecule has 0 aliphatic carbocycles. The molecule has 110 valence electrons. The summed E-state index contributed by atoms with van der Waals surface area (Å²) in [4.78, 5) is 34.2. The van der Waals surface area contributed by atoms with Crippen LogP contribution in [0.25, 0.3) is 0 Å². The smallest absolute Gasteiger partial charge is 0.323 e. The summed E-state index contributed by atoms with van der Waals surface area (Å²) in [7, 11) is 0. The molecule has 1 rings (SSSR count). The van der Waals surface area contributed by atoms with Crippen LogP contribution in [0.1, 0.15) is 5.56 Å². The van der Waals surface area contributed by atoms with Crippen LogP contribution >= 0.6 is 11.6 Å². The summed E-state index contributed by atoms with van der Waals surface area (Å²) in [6.07, 6.45) is 0. The van der Waals surface area contributed by atoms with E-state index < -0.39 is 31.0 Å². The lowest BCUT2D eigenvalue weighted by molar-refractivity contribution is -0.137. The Kier molecular flexibility index (Phi) is 5.51. The number of benzene rings is 1. The molecule has 9 heteroatoms. The number of nitrogens with zero attached hydrogens (tertiary/aromatic N) is 2. The highest BCUT2D eigenvalue weighted by atomic mass is 35.5. The number of nitrogens with one attached hydrogen (secondary N) is 1. The number of hydrogen-bond acceptors (Lipinski definition) is 4. The van der Waals surface area contributed by atoms with Gasteiger partial charge in [-0.25, -0.2) is 4.79 Å². The maximum Gasteiger partial charge on any atom is 0.323 e. The van der Waals surface area contributed by atoms with Crippen LogP contribution < -0.4 is 11.1 Å². The van der Waals surface area contributed by atoms with Crippen LogP contribution in [0, 0.1) is 11.3 Å². The van der Waals surface area contributed by atoms with Crippen LogP contribution in [-0.2, 0) is 9.59 Å². The summed E-state index contributed by atoms with van der Waals surface area (Å²) in [6, 6.07) is 5.19. The minimum atomic E-state index is -1.30. The second-order valence-corrected chi connectivity index (χ2v) is 4.36. The molecule has 0 spiro atoms. The van der Waals surface area contributed by atoms with Crippen LogP contribution in [-0.4, -0.2) is 41.0 Å². The number of amides is 3. The van der Waals surface area contributed by atoms with Gasteiger partial charge in [-0.2, -0.15) is 5.26 Å². The van der Waals surface area contributed by atoms with Crippen molar-refractivity contribution in [2.24, 2.45) is 5.73 Å². The van der Waals surface area contributed by atoms with Crippen molar-refractivity contribution in [3.8, 4) is 6.07 Å². The van der Waals surface area contributed by atoms with Gasteiger partial charge in [0.15, 0.2) is 0 Å². The van der Waals surface area contributed by atoms with Gasteiger partial charge in [-0.15, -0.1) is 0 Å². The van der Waals surface area contributed by atoms with E-state index in [1.54, 1.807) is 0 Å². The van der Waals surface area contributed by atoms with Crippen molar-refractivity contribution in [3.05, 3.63) is 28.8 Å². The molecule has 0 aliphatic heterocycles. The number of aliphatic carboxylic acids is 1. The van der Waals surface area contributed by atoms with Crippen molar-refractivity contribution in [2.45, 2.75) is 0 Å². The maximum absolute atomic E-state index is 11.9. The van der Waals surface area contributed by atoms with E-state index in [-0.39, 0.29) is 16.3 Å². The topological polar surface area (TPSA) is 137 Å².